The van der Waals surface area contributed by atoms with E-state index in [1.807, 2.05) is 0 Å². The molecule has 0 aliphatic carbocycles. The van der Waals surface area contributed by atoms with Gasteiger partial charge in [0.2, 0.25) is 5.91 Å². The van der Waals surface area contributed by atoms with E-state index in [0.29, 0.717) is 5.56 Å². The highest BCUT2D eigenvalue weighted by Gasteiger charge is 2.41. The number of aromatic hydroxyl groups is 2. The first-order valence-electron chi connectivity index (χ1n) is 14.0. The van der Waals surface area contributed by atoms with Crippen molar-refractivity contribution in [3.05, 3.63) is 81.6 Å². The molecule has 16 nitrogen and oxygen atoms in total. The summed E-state index contributed by atoms with van der Waals surface area (Å²) in [6.45, 7) is -0.619. The number of carboxylic acid groups (broad SMARTS) is 1. The summed E-state index contributed by atoms with van der Waals surface area (Å²) in [6, 6.07) is 5.99. The molecule has 0 bridgehead atoms. The number of carboxylic acids is 1. The second kappa shape index (κ2) is 13.3. The zero-order chi connectivity index (χ0) is 35.1. The lowest BCUT2D eigenvalue weighted by molar-refractivity contribution is -0.123. The summed E-state index contributed by atoms with van der Waals surface area (Å²) in [5.74, 6) is -6.63. The Balaban J connectivity index is 1.36. The maximum Gasteiger partial charge on any atom is 0.547 e. The molecule has 2 aliphatic heterocycles. The number of phenols is 2. The maximum atomic E-state index is 14.0. The molecule has 3 aromatic carbocycles. The Bertz CT molecular complexity index is 1860. The number of aromatic carboxylic acids is 1. The monoisotopic (exact) mass is 706 g/mol. The van der Waals surface area contributed by atoms with Crippen LogP contribution in [0.5, 0.6) is 17.2 Å². The Morgan fingerprint density at radius 3 is 2.44 bits per heavy atom. The number of amides is 5. The molecule has 2 atom stereocenters. The molecule has 0 radical (unpaired) electrons. The topological polar surface area (TPSA) is 246 Å². The third-order valence-corrected chi connectivity index (χ3v) is 9.11. The summed E-state index contributed by atoms with van der Waals surface area (Å²) in [5.41, 5.74) is 0.128. The van der Waals surface area contributed by atoms with Gasteiger partial charge in [-0.25, -0.2) is 23.7 Å². The molecule has 48 heavy (non-hydrogen) atoms. The number of nitrogens with one attached hydrogen (secondary N) is 2. The van der Waals surface area contributed by atoms with Crippen LogP contribution in [0.3, 0.4) is 0 Å². The molecule has 0 spiro atoms. The minimum absolute atomic E-state index is 0.0307. The highest BCUT2D eigenvalue weighted by molar-refractivity contribution is 7.60. The van der Waals surface area contributed by atoms with E-state index in [9.17, 15) is 58.3 Å². The van der Waals surface area contributed by atoms with Crippen LogP contribution in [-0.4, -0.2) is 90.0 Å². The molecule has 8 N–H and O–H groups in total. The van der Waals surface area contributed by atoms with Gasteiger partial charge in [-0.3, -0.25) is 9.36 Å². The van der Waals surface area contributed by atoms with Crippen LogP contribution in [0.25, 0.3) is 0 Å². The molecule has 5 rings (SSSR count). The molecule has 2 heterocycles. The molecule has 0 saturated carbocycles. The van der Waals surface area contributed by atoms with Gasteiger partial charge in [0.05, 0.1) is 21.8 Å². The molecule has 2 aliphatic rings. The van der Waals surface area contributed by atoms with Crippen molar-refractivity contribution in [2.45, 2.75) is 24.9 Å². The van der Waals surface area contributed by atoms with Crippen molar-refractivity contribution in [3.8, 4) is 17.2 Å². The first-order valence-corrected chi connectivity index (χ1v) is 16.0. The largest absolute Gasteiger partial charge is 0.547 e. The van der Waals surface area contributed by atoms with Crippen molar-refractivity contribution in [2.24, 2.45) is 0 Å². The van der Waals surface area contributed by atoms with Gasteiger partial charge >= 0.3 is 32.7 Å². The number of carbonyl (C=O) groups excluding carboxylic acids is 3. The zero-order valence-electron chi connectivity index (χ0n) is 24.4. The number of imide groups is 1. The van der Waals surface area contributed by atoms with E-state index in [1.54, 1.807) is 6.07 Å². The van der Waals surface area contributed by atoms with E-state index in [0.717, 1.165) is 28.0 Å². The molecular weight excluding hydrogens is 681 g/mol. The van der Waals surface area contributed by atoms with E-state index in [1.165, 1.54) is 24.3 Å². The number of hydrogen-bond donors (Lipinski definition) is 8. The second-order valence-electron chi connectivity index (χ2n) is 10.8. The number of halogens is 2. The van der Waals surface area contributed by atoms with E-state index in [4.69, 9.17) is 16.3 Å². The minimum atomic E-state index is -4.67. The van der Waals surface area contributed by atoms with Gasteiger partial charge in [0.1, 0.15) is 11.8 Å². The fraction of sp³-hybridized carbons (Fsp3) is 0.214. The van der Waals surface area contributed by atoms with Gasteiger partial charge in [-0.1, -0.05) is 35.9 Å². The molecule has 3 aromatic rings. The Morgan fingerprint density at radius 2 is 1.79 bits per heavy atom. The Labute approximate surface area is 275 Å². The number of rotatable bonds is 8. The van der Waals surface area contributed by atoms with Crippen LogP contribution in [0.1, 0.15) is 33.1 Å². The fourth-order valence-corrected chi connectivity index (χ4v) is 5.98. The van der Waals surface area contributed by atoms with Crippen molar-refractivity contribution in [1.82, 2.24) is 20.4 Å². The van der Waals surface area contributed by atoms with Gasteiger partial charge < -0.3 is 50.3 Å². The molecule has 252 valence electrons. The van der Waals surface area contributed by atoms with Gasteiger partial charge in [0.15, 0.2) is 17.3 Å². The Hall–Kier alpha value is -4.87. The van der Waals surface area contributed by atoms with Crippen LogP contribution in [-0.2, 0) is 22.3 Å². The quantitative estimate of drug-likeness (QED) is 0.0936. The van der Waals surface area contributed by atoms with Gasteiger partial charge in [-0.15, -0.1) is 0 Å². The number of phenolic OH excluding ortho intramolecular Hbond substituents is 2. The van der Waals surface area contributed by atoms with Crippen LogP contribution in [0.4, 0.5) is 14.0 Å². The highest BCUT2D eigenvalue weighted by atomic mass is 35.5. The normalized spacial score (nSPS) is 16.6. The van der Waals surface area contributed by atoms with Crippen molar-refractivity contribution in [1.29, 1.82) is 0 Å². The summed E-state index contributed by atoms with van der Waals surface area (Å²) in [4.78, 5) is 72.6. The van der Waals surface area contributed by atoms with E-state index >= 15 is 0 Å². The predicted octanol–water partition coefficient (Wildman–Crippen LogP) is 1.22. The third kappa shape index (κ3) is 6.88. The summed E-state index contributed by atoms with van der Waals surface area (Å²) in [5, 5.41) is 43.6. The minimum Gasteiger partial charge on any atom is -0.534 e. The van der Waals surface area contributed by atoms with E-state index < -0.39 is 73.0 Å². The van der Waals surface area contributed by atoms with Gasteiger partial charge in [0.25, 0.3) is 0 Å². The maximum absolute atomic E-state index is 14.0. The van der Waals surface area contributed by atoms with Crippen LogP contribution in [0.15, 0.2) is 48.5 Å². The zero-order valence-corrected chi connectivity index (χ0v) is 26.1. The van der Waals surface area contributed by atoms with Crippen LogP contribution in [0.2, 0.25) is 5.02 Å². The average Bonchev–Trinajstić information content (AvgIpc) is 3.40. The predicted molar refractivity (Wildman–Crippen MR) is 164 cm³/mol. The van der Waals surface area contributed by atoms with Gasteiger partial charge in [-0.2, -0.15) is 0 Å². The molecule has 5 amide bonds. The number of carbonyl (C=O) groups is 4. The molecule has 1 fully saturated rings. The third-order valence-electron chi connectivity index (χ3n) is 7.71. The summed E-state index contributed by atoms with van der Waals surface area (Å²) in [7, 11) is -6.38. The smallest absolute Gasteiger partial charge is 0.534 e. The first-order chi connectivity index (χ1) is 22.6. The highest BCUT2D eigenvalue weighted by Crippen LogP contribution is 2.39. The molecule has 20 heteroatoms. The number of urea groups is 2. The average molecular weight is 707 g/mol. The molecule has 0 unspecified atom stereocenters. The lowest BCUT2D eigenvalue weighted by atomic mass is 9.72. The molecule has 0 aromatic heterocycles. The van der Waals surface area contributed by atoms with Gasteiger partial charge in [-0.05, 0) is 47.4 Å². The van der Waals surface area contributed by atoms with Crippen molar-refractivity contribution >= 4 is 55.6 Å². The first kappa shape index (κ1) is 34.5. The van der Waals surface area contributed by atoms with Crippen molar-refractivity contribution in [2.75, 3.05) is 13.1 Å². The van der Waals surface area contributed by atoms with Crippen molar-refractivity contribution in [3.63, 3.8) is 0 Å². The number of hydrogen-bond acceptors (Lipinski definition) is 9. The fourth-order valence-electron chi connectivity index (χ4n) is 5.24. The molecular formula is C28H26BClFN4O12P. The number of nitrogens with zero attached hydrogens (tertiary/aromatic N) is 2. The number of para-hydroxylation sites is 1. The summed E-state index contributed by atoms with van der Waals surface area (Å²) < 4.78 is 31.1. The van der Waals surface area contributed by atoms with Crippen molar-refractivity contribution < 1.29 is 62.9 Å². The number of fused-ring (bicyclic) bond motifs is 1. The lowest BCUT2D eigenvalue weighted by Gasteiger charge is -2.30. The lowest BCUT2D eigenvalue weighted by Crippen LogP contribution is -2.56. The Morgan fingerprint density at radius 1 is 1.10 bits per heavy atom. The SMILES string of the molecule is O=C(O)c1cccc2c1OB(O)[C@@H](NC(=O)[C@H](NC(=O)N1CCN(Cc3cc(F)c(O)c(O)c3Cl)C1=O)c1ccc(P(=O)(O)O)cc1)C2. The summed E-state index contributed by atoms with van der Waals surface area (Å²) in [6.07, 6.45) is -0.0727. The van der Waals surface area contributed by atoms with E-state index in [2.05, 4.69) is 10.6 Å². The molecule has 1 saturated heterocycles. The van der Waals surface area contributed by atoms with Crippen LogP contribution >= 0.6 is 19.2 Å². The number of benzene rings is 3. The van der Waals surface area contributed by atoms with E-state index in [-0.39, 0.29) is 53.8 Å². The standard InChI is InChI=1S/C28H26BClFN4O12P/c30-20-15(10-18(31)22(36)23(20)37)12-34-8-9-35(28(34)42)27(41)33-21(13-4-6-16(7-5-13)48(44,45)46)25(38)32-19-11-14-2-1-3-17(26(39)40)24(14)47-29(19)43/h1-7,10,19,21,36-37,43H,8-9,11-12H2,(H,32,38)(H,33,41)(H,39,40)(H2,44,45,46)/t19-,21+/m0/s1. The Kier molecular flexibility index (Phi) is 9.57. The van der Waals surface area contributed by atoms with Crippen LogP contribution in [0, 0.1) is 5.82 Å². The second-order valence-corrected chi connectivity index (χ2v) is 12.8. The summed E-state index contributed by atoms with van der Waals surface area (Å²) >= 11 is 5.99. The van der Waals surface area contributed by atoms with Gasteiger partial charge in [0, 0.05) is 19.6 Å². The van der Waals surface area contributed by atoms with Crippen LogP contribution < -0.4 is 20.6 Å².